The normalized spacial score (nSPS) is 18.3. The van der Waals surface area contributed by atoms with Crippen LogP contribution < -0.4 is 0 Å². The molecule has 1 rings (SSSR count). The van der Waals surface area contributed by atoms with Crippen molar-refractivity contribution in [1.29, 1.82) is 0 Å². The van der Waals surface area contributed by atoms with E-state index < -0.39 is 0 Å². The van der Waals surface area contributed by atoms with E-state index in [4.69, 9.17) is 0 Å². The topological polar surface area (TPSA) is 3.24 Å². The highest BCUT2D eigenvalue weighted by molar-refractivity contribution is 4.82. The minimum Gasteiger partial charge on any atom is -0.303 e. The van der Waals surface area contributed by atoms with Crippen LogP contribution in [0.25, 0.3) is 0 Å². The Balaban J connectivity index is 1.93. The first-order chi connectivity index (χ1) is 5.20. The first-order valence-corrected chi connectivity index (χ1v) is 4.90. The highest BCUT2D eigenvalue weighted by atomic mass is 15.1. The molecule has 1 aliphatic carbocycles. The van der Waals surface area contributed by atoms with Gasteiger partial charge >= 0.3 is 0 Å². The molecule has 0 aliphatic heterocycles. The van der Waals surface area contributed by atoms with Gasteiger partial charge in [0, 0.05) is 6.04 Å². The van der Waals surface area contributed by atoms with Crippen LogP contribution in [0.2, 0.25) is 0 Å². The molecular formula is C10H21N. The van der Waals surface area contributed by atoms with Gasteiger partial charge in [0.15, 0.2) is 0 Å². The summed E-state index contributed by atoms with van der Waals surface area (Å²) in [4.78, 5) is 2.52. The lowest BCUT2D eigenvalue weighted by molar-refractivity contribution is 0.308. The van der Waals surface area contributed by atoms with Gasteiger partial charge in [0.2, 0.25) is 0 Å². The molecule has 66 valence electrons. The van der Waals surface area contributed by atoms with E-state index in [-0.39, 0.29) is 0 Å². The summed E-state index contributed by atoms with van der Waals surface area (Å²) in [5, 5.41) is 0. The maximum Gasteiger partial charge on any atom is 0.00933 e. The van der Waals surface area contributed by atoms with Crippen molar-refractivity contribution in [3.8, 4) is 0 Å². The molecule has 0 saturated heterocycles. The summed E-state index contributed by atoms with van der Waals surface area (Å²) in [6.45, 7) is 5.91. The summed E-state index contributed by atoms with van der Waals surface area (Å²) in [5.74, 6) is 0.877. The summed E-state index contributed by atoms with van der Waals surface area (Å²) in [6.07, 6.45) is 5.65. The molecular weight excluding hydrogens is 134 g/mol. The molecule has 1 saturated carbocycles. The van der Waals surface area contributed by atoms with E-state index in [1.165, 1.54) is 32.2 Å². The predicted octanol–water partition coefficient (Wildman–Crippen LogP) is 2.52. The lowest BCUT2D eigenvalue weighted by atomic mass is 10.1. The summed E-state index contributed by atoms with van der Waals surface area (Å²) in [5.41, 5.74) is 0. The van der Waals surface area contributed by atoms with Crippen molar-refractivity contribution in [2.24, 2.45) is 5.92 Å². The molecule has 0 atom stereocenters. The Bertz CT molecular complexity index is 105. The van der Waals surface area contributed by atoms with E-state index in [9.17, 15) is 0 Å². The van der Waals surface area contributed by atoms with Crippen molar-refractivity contribution in [2.45, 2.75) is 45.6 Å². The summed E-state index contributed by atoms with van der Waals surface area (Å²) < 4.78 is 0. The van der Waals surface area contributed by atoms with Crippen LogP contribution in [0.15, 0.2) is 0 Å². The Labute approximate surface area is 70.8 Å². The SMILES string of the molecule is CC(C)CCCN(C)C1CC1. The fourth-order valence-corrected chi connectivity index (χ4v) is 1.45. The maximum absolute atomic E-state index is 2.52. The van der Waals surface area contributed by atoms with Gasteiger partial charge in [-0.1, -0.05) is 13.8 Å². The number of hydrogen-bond acceptors (Lipinski definition) is 1. The van der Waals surface area contributed by atoms with Gasteiger partial charge in [-0.25, -0.2) is 0 Å². The Morgan fingerprint density at radius 3 is 2.45 bits per heavy atom. The maximum atomic E-state index is 2.52. The summed E-state index contributed by atoms with van der Waals surface area (Å²) >= 11 is 0. The van der Waals surface area contributed by atoms with Crippen LogP contribution in [0.4, 0.5) is 0 Å². The Hall–Kier alpha value is -0.0400. The third-order valence-corrected chi connectivity index (χ3v) is 2.46. The van der Waals surface area contributed by atoms with Crippen LogP contribution in [0.3, 0.4) is 0 Å². The van der Waals surface area contributed by atoms with Gasteiger partial charge in [-0.05, 0) is 45.2 Å². The van der Waals surface area contributed by atoms with E-state index in [1.54, 1.807) is 0 Å². The fraction of sp³-hybridized carbons (Fsp3) is 1.00. The molecule has 0 heterocycles. The minimum atomic E-state index is 0.877. The molecule has 0 N–H and O–H groups in total. The molecule has 0 spiro atoms. The highest BCUT2D eigenvalue weighted by Crippen LogP contribution is 2.25. The van der Waals surface area contributed by atoms with Crippen LogP contribution in [-0.2, 0) is 0 Å². The molecule has 1 aliphatic rings. The Morgan fingerprint density at radius 2 is 2.00 bits per heavy atom. The lowest BCUT2D eigenvalue weighted by Crippen LogP contribution is -2.22. The quantitative estimate of drug-likeness (QED) is 0.589. The molecule has 1 nitrogen and oxygen atoms in total. The second kappa shape index (κ2) is 4.10. The molecule has 1 heteroatoms. The van der Waals surface area contributed by atoms with Gasteiger partial charge in [0.05, 0.1) is 0 Å². The standard InChI is InChI=1S/C10H21N/c1-9(2)5-4-8-11(3)10-6-7-10/h9-10H,4-8H2,1-3H3. The van der Waals surface area contributed by atoms with Crippen LogP contribution in [-0.4, -0.2) is 24.5 Å². The van der Waals surface area contributed by atoms with Crippen LogP contribution in [0, 0.1) is 5.92 Å². The smallest absolute Gasteiger partial charge is 0.00933 e. The Morgan fingerprint density at radius 1 is 1.36 bits per heavy atom. The lowest BCUT2D eigenvalue weighted by Gasteiger charge is -2.15. The predicted molar refractivity (Wildman–Crippen MR) is 49.7 cm³/mol. The molecule has 0 unspecified atom stereocenters. The van der Waals surface area contributed by atoms with Crippen molar-refractivity contribution in [2.75, 3.05) is 13.6 Å². The first kappa shape index (κ1) is 9.05. The average Bonchev–Trinajstić information content (AvgIpc) is 2.66. The van der Waals surface area contributed by atoms with E-state index in [0.29, 0.717) is 0 Å². The van der Waals surface area contributed by atoms with Gasteiger partial charge in [0.25, 0.3) is 0 Å². The molecule has 0 amide bonds. The van der Waals surface area contributed by atoms with Crippen LogP contribution >= 0.6 is 0 Å². The summed E-state index contributed by atoms with van der Waals surface area (Å²) in [6, 6.07) is 0.946. The molecule has 0 bridgehead atoms. The van der Waals surface area contributed by atoms with Gasteiger partial charge in [-0.2, -0.15) is 0 Å². The van der Waals surface area contributed by atoms with Crippen LogP contribution in [0.1, 0.15) is 39.5 Å². The zero-order chi connectivity index (χ0) is 8.27. The van der Waals surface area contributed by atoms with Gasteiger partial charge in [0.1, 0.15) is 0 Å². The molecule has 0 aromatic rings. The minimum absolute atomic E-state index is 0.877. The Kier molecular flexibility index (Phi) is 3.38. The second-order valence-electron chi connectivity index (χ2n) is 4.25. The number of nitrogens with zero attached hydrogens (tertiary/aromatic N) is 1. The van der Waals surface area contributed by atoms with Gasteiger partial charge in [-0.15, -0.1) is 0 Å². The third kappa shape index (κ3) is 3.76. The van der Waals surface area contributed by atoms with Crippen molar-refractivity contribution < 1.29 is 0 Å². The van der Waals surface area contributed by atoms with Crippen molar-refractivity contribution in [3.63, 3.8) is 0 Å². The van der Waals surface area contributed by atoms with Gasteiger partial charge < -0.3 is 4.90 Å². The van der Waals surface area contributed by atoms with E-state index in [1.807, 2.05) is 0 Å². The van der Waals surface area contributed by atoms with Crippen molar-refractivity contribution in [3.05, 3.63) is 0 Å². The van der Waals surface area contributed by atoms with Crippen molar-refractivity contribution in [1.82, 2.24) is 4.90 Å². The van der Waals surface area contributed by atoms with E-state index in [0.717, 1.165) is 12.0 Å². The van der Waals surface area contributed by atoms with Crippen molar-refractivity contribution >= 4 is 0 Å². The monoisotopic (exact) mass is 155 g/mol. The molecule has 0 radical (unpaired) electrons. The van der Waals surface area contributed by atoms with Crippen LogP contribution in [0.5, 0.6) is 0 Å². The zero-order valence-electron chi connectivity index (χ0n) is 8.14. The zero-order valence-corrected chi connectivity index (χ0v) is 8.14. The largest absolute Gasteiger partial charge is 0.303 e. The number of rotatable bonds is 5. The summed E-state index contributed by atoms with van der Waals surface area (Å²) in [7, 11) is 2.26. The first-order valence-electron chi connectivity index (χ1n) is 4.90. The van der Waals surface area contributed by atoms with E-state index in [2.05, 4.69) is 25.8 Å². The fourth-order valence-electron chi connectivity index (χ4n) is 1.45. The average molecular weight is 155 g/mol. The highest BCUT2D eigenvalue weighted by Gasteiger charge is 2.25. The molecule has 1 fully saturated rings. The van der Waals surface area contributed by atoms with Gasteiger partial charge in [-0.3, -0.25) is 0 Å². The number of hydrogen-bond donors (Lipinski definition) is 0. The molecule has 0 aromatic carbocycles. The second-order valence-corrected chi connectivity index (χ2v) is 4.25. The van der Waals surface area contributed by atoms with E-state index >= 15 is 0 Å². The third-order valence-electron chi connectivity index (χ3n) is 2.46. The molecule has 0 aromatic heterocycles. The molecule has 11 heavy (non-hydrogen) atoms.